The maximum Gasteiger partial charge on any atom is 0.306 e. The smallest absolute Gasteiger partial charge is 0.306 e. The van der Waals surface area contributed by atoms with Crippen molar-refractivity contribution in [1.29, 1.82) is 0 Å². The van der Waals surface area contributed by atoms with E-state index in [0.29, 0.717) is 26.1 Å². The maximum atomic E-state index is 12.8. The Balaban J connectivity index is 1.59. The predicted molar refractivity (Wildman–Crippen MR) is 123 cm³/mol. The van der Waals surface area contributed by atoms with E-state index in [0.717, 1.165) is 60.3 Å². The van der Waals surface area contributed by atoms with Crippen LogP contribution in [0.5, 0.6) is 0 Å². The number of ether oxygens (including phenoxy) is 1. The molecule has 0 saturated carbocycles. The molecular weight excluding hydrogens is 404 g/mol. The van der Waals surface area contributed by atoms with Crippen molar-refractivity contribution < 1.29 is 14.3 Å². The summed E-state index contributed by atoms with van der Waals surface area (Å²) in [5.41, 5.74) is 3.09. The number of rotatable bonds is 6. The van der Waals surface area contributed by atoms with Gasteiger partial charge >= 0.3 is 5.97 Å². The lowest BCUT2D eigenvalue weighted by atomic mass is 9.98. The number of amides is 1. The third-order valence-corrected chi connectivity index (χ3v) is 6.35. The monoisotopic (exact) mass is 436 g/mol. The summed E-state index contributed by atoms with van der Waals surface area (Å²) in [6, 6.07) is 10.1. The Morgan fingerprint density at radius 1 is 1.06 bits per heavy atom. The molecule has 1 fully saturated rings. The summed E-state index contributed by atoms with van der Waals surface area (Å²) < 4.78 is 4.96. The van der Waals surface area contributed by atoms with Crippen LogP contribution in [0.25, 0.3) is 11.4 Å². The molecule has 32 heavy (non-hydrogen) atoms. The lowest BCUT2D eigenvalue weighted by Crippen LogP contribution is -2.40. The molecule has 0 bridgehead atoms. The number of carbonyl (C=O) groups is 2. The van der Waals surface area contributed by atoms with Crippen molar-refractivity contribution in [1.82, 2.24) is 14.9 Å². The largest absolute Gasteiger partial charge is 0.466 e. The molecule has 2 aliphatic rings. The summed E-state index contributed by atoms with van der Waals surface area (Å²) in [5.74, 6) is 2.09. The van der Waals surface area contributed by atoms with Crippen LogP contribution in [0, 0.1) is 5.92 Å². The number of esters is 1. The van der Waals surface area contributed by atoms with Crippen LogP contribution in [0.15, 0.2) is 30.3 Å². The second-order valence-corrected chi connectivity index (χ2v) is 8.70. The normalized spacial score (nSPS) is 16.6. The van der Waals surface area contributed by atoms with Gasteiger partial charge in [0.2, 0.25) is 5.91 Å². The number of aromatic nitrogens is 2. The molecule has 1 amide bonds. The molecule has 0 N–H and O–H groups in total. The fourth-order valence-corrected chi connectivity index (χ4v) is 4.41. The molecule has 2 aromatic rings. The number of fused-ring (bicyclic) bond motifs is 1. The van der Waals surface area contributed by atoms with Crippen LogP contribution in [0.4, 0.5) is 5.82 Å². The number of hydrogen-bond acceptors (Lipinski definition) is 6. The summed E-state index contributed by atoms with van der Waals surface area (Å²) in [5, 5.41) is 0. The van der Waals surface area contributed by atoms with Crippen LogP contribution in [0.3, 0.4) is 0 Å². The summed E-state index contributed by atoms with van der Waals surface area (Å²) in [7, 11) is 0. The topological polar surface area (TPSA) is 75.6 Å². The molecule has 4 rings (SSSR count). The molecule has 1 aromatic carbocycles. The highest BCUT2D eigenvalue weighted by molar-refractivity contribution is 5.81. The Hall–Kier alpha value is -2.96. The van der Waals surface area contributed by atoms with E-state index in [2.05, 4.69) is 11.8 Å². The maximum absolute atomic E-state index is 12.8. The number of piperidine rings is 1. The fourth-order valence-electron chi connectivity index (χ4n) is 4.41. The van der Waals surface area contributed by atoms with Crippen molar-refractivity contribution in [2.75, 3.05) is 31.1 Å². The summed E-state index contributed by atoms with van der Waals surface area (Å²) in [6.07, 6.45) is 3.27. The quantitative estimate of drug-likeness (QED) is 0.644. The van der Waals surface area contributed by atoms with Gasteiger partial charge in [0.1, 0.15) is 5.82 Å². The molecule has 1 saturated heterocycles. The molecule has 0 spiro atoms. The van der Waals surface area contributed by atoms with Gasteiger partial charge in [-0.25, -0.2) is 9.97 Å². The van der Waals surface area contributed by atoms with E-state index in [4.69, 9.17) is 14.7 Å². The van der Waals surface area contributed by atoms with Crippen molar-refractivity contribution in [3.8, 4) is 11.4 Å². The Bertz CT molecular complexity index is 955. The standard InChI is InChI=1S/C25H32N4O3/c1-3-32-23(31)10-9-22(30)29-16-13-21-20(17-29)25(28-14-11-18(2)12-15-28)27-24(26-21)19-7-5-4-6-8-19/h4-8,18H,3,9-17H2,1-2H3. The van der Waals surface area contributed by atoms with E-state index in [1.54, 1.807) is 6.92 Å². The summed E-state index contributed by atoms with van der Waals surface area (Å²) in [6.45, 7) is 7.44. The van der Waals surface area contributed by atoms with Crippen LogP contribution in [-0.2, 0) is 27.3 Å². The van der Waals surface area contributed by atoms with Gasteiger partial charge in [-0.15, -0.1) is 0 Å². The molecule has 0 atom stereocenters. The lowest BCUT2D eigenvalue weighted by Gasteiger charge is -2.36. The first-order valence-electron chi connectivity index (χ1n) is 11.7. The highest BCUT2D eigenvalue weighted by Gasteiger charge is 2.29. The zero-order valence-corrected chi connectivity index (χ0v) is 19.0. The van der Waals surface area contributed by atoms with Crippen LogP contribution in [0.2, 0.25) is 0 Å². The number of benzene rings is 1. The zero-order valence-electron chi connectivity index (χ0n) is 19.0. The number of anilines is 1. The van der Waals surface area contributed by atoms with Crippen LogP contribution in [-0.4, -0.2) is 53.0 Å². The highest BCUT2D eigenvalue weighted by Crippen LogP contribution is 2.32. The van der Waals surface area contributed by atoms with Crippen LogP contribution >= 0.6 is 0 Å². The highest BCUT2D eigenvalue weighted by atomic mass is 16.5. The van der Waals surface area contributed by atoms with Gasteiger partial charge in [0.05, 0.1) is 25.3 Å². The average molecular weight is 437 g/mol. The van der Waals surface area contributed by atoms with Gasteiger partial charge < -0.3 is 14.5 Å². The van der Waals surface area contributed by atoms with Gasteiger partial charge in [0.15, 0.2) is 5.82 Å². The van der Waals surface area contributed by atoms with Crippen molar-refractivity contribution in [3.05, 3.63) is 41.6 Å². The Morgan fingerprint density at radius 2 is 1.81 bits per heavy atom. The van der Waals surface area contributed by atoms with Gasteiger partial charge in [0.25, 0.3) is 0 Å². The zero-order chi connectivity index (χ0) is 22.5. The van der Waals surface area contributed by atoms with Gasteiger partial charge in [-0.2, -0.15) is 0 Å². The van der Waals surface area contributed by atoms with Gasteiger partial charge in [-0.3, -0.25) is 9.59 Å². The van der Waals surface area contributed by atoms with E-state index in [1.807, 2.05) is 35.2 Å². The van der Waals surface area contributed by atoms with Crippen LogP contribution < -0.4 is 4.90 Å². The minimum atomic E-state index is -0.322. The molecule has 0 aliphatic carbocycles. The molecule has 170 valence electrons. The molecule has 7 heteroatoms. The molecule has 7 nitrogen and oxygen atoms in total. The number of nitrogens with zero attached hydrogens (tertiary/aromatic N) is 4. The third kappa shape index (κ3) is 5.09. The number of carbonyl (C=O) groups excluding carboxylic acids is 2. The molecule has 1 aromatic heterocycles. The van der Waals surface area contributed by atoms with Gasteiger partial charge in [0, 0.05) is 43.6 Å². The van der Waals surface area contributed by atoms with Crippen molar-refractivity contribution in [2.45, 2.75) is 52.5 Å². The van der Waals surface area contributed by atoms with E-state index in [1.165, 1.54) is 0 Å². The molecule has 2 aliphatic heterocycles. The van der Waals surface area contributed by atoms with Gasteiger partial charge in [-0.1, -0.05) is 37.3 Å². The Morgan fingerprint density at radius 3 is 2.53 bits per heavy atom. The minimum absolute atomic E-state index is 0.0194. The van der Waals surface area contributed by atoms with Gasteiger partial charge in [-0.05, 0) is 25.7 Å². The first-order chi connectivity index (χ1) is 15.5. The average Bonchev–Trinajstić information content (AvgIpc) is 2.83. The lowest BCUT2D eigenvalue weighted by molar-refractivity contribution is -0.145. The summed E-state index contributed by atoms with van der Waals surface area (Å²) >= 11 is 0. The van der Waals surface area contributed by atoms with E-state index >= 15 is 0 Å². The second kappa shape index (κ2) is 10.1. The third-order valence-electron chi connectivity index (χ3n) is 6.35. The molecule has 0 unspecified atom stereocenters. The molecule has 3 heterocycles. The second-order valence-electron chi connectivity index (χ2n) is 8.70. The predicted octanol–water partition coefficient (Wildman–Crippen LogP) is 3.61. The Labute approximate surface area is 189 Å². The SMILES string of the molecule is CCOC(=O)CCC(=O)N1CCc2nc(-c3ccccc3)nc(N3CCC(C)CC3)c2C1. The van der Waals surface area contributed by atoms with E-state index in [-0.39, 0.29) is 24.7 Å². The first kappa shape index (κ1) is 22.2. The first-order valence-corrected chi connectivity index (χ1v) is 11.7. The molecular formula is C25H32N4O3. The van der Waals surface area contributed by atoms with E-state index in [9.17, 15) is 9.59 Å². The fraction of sp³-hybridized carbons (Fsp3) is 0.520. The summed E-state index contributed by atoms with van der Waals surface area (Å²) in [4.78, 5) is 38.6. The van der Waals surface area contributed by atoms with Crippen molar-refractivity contribution >= 4 is 17.7 Å². The number of hydrogen-bond donors (Lipinski definition) is 0. The van der Waals surface area contributed by atoms with Crippen LogP contribution in [0.1, 0.15) is 50.8 Å². The van der Waals surface area contributed by atoms with Crippen molar-refractivity contribution in [3.63, 3.8) is 0 Å². The molecule has 0 radical (unpaired) electrons. The van der Waals surface area contributed by atoms with Crippen molar-refractivity contribution in [2.24, 2.45) is 5.92 Å². The Kier molecular flexibility index (Phi) is 7.02. The minimum Gasteiger partial charge on any atom is -0.466 e. The van der Waals surface area contributed by atoms with E-state index < -0.39 is 0 Å².